The molecule has 19 heavy (non-hydrogen) atoms. The monoisotopic (exact) mass is 342 g/mol. The summed E-state index contributed by atoms with van der Waals surface area (Å²) in [5.41, 5.74) is 0. The molecule has 0 saturated heterocycles. The summed E-state index contributed by atoms with van der Waals surface area (Å²) in [6, 6.07) is 4.67. The molecule has 0 aromatic carbocycles. The Morgan fingerprint density at radius 1 is 1.42 bits per heavy atom. The summed E-state index contributed by atoms with van der Waals surface area (Å²) in [5.74, 6) is 1.97. The standard InChI is InChI=1S/C15H23BrN2S/c1-2-17-14(12-7-4-3-5-8-12)11-19-15-13(16)9-6-10-18-15/h6,9-10,12,14,17H,2-5,7-8,11H2,1H3. The van der Waals surface area contributed by atoms with Crippen molar-refractivity contribution < 1.29 is 0 Å². The van der Waals surface area contributed by atoms with Crippen molar-refractivity contribution in [1.82, 2.24) is 10.3 Å². The highest BCUT2D eigenvalue weighted by Crippen LogP contribution is 2.31. The van der Waals surface area contributed by atoms with Crippen LogP contribution in [0.4, 0.5) is 0 Å². The van der Waals surface area contributed by atoms with Crippen molar-refractivity contribution in [3.8, 4) is 0 Å². The molecule has 1 fully saturated rings. The second-order valence-corrected chi connectivity index (χ2v) is 7.03. The highest BCUT2D eigenvalue weighted by atomic mass is 79.9. The molecule has 1 heterocycles. The van der Waals surface area contributed by atoms with Crippen LogP contribution >= 0.6 is 27.7 Å². The molecule has 1 aliphatic carbocycles. The molecule has 1 N–H and O–H groups in total. The third-order valence-electron chi connectivity index (χ3n) is 3.81. The summed E-state index contributed by atoms with van der Waals surface area (Å²) >= 11 is 5.45. The first kappa shape index (κ1) is 15.3. The van der Waals surface area contributed by atoms with E-state index < -0.39 is 0 Å². The van der Waals surface area contributed by atoms with Gasteiger partial charge in [-0.1, -0.05) is 26.2 Å². The molecule has 106 valence electrons. The molecule has 2 rings (SSSR count). The van der Waals surface area contributed by atoms with Gasteiger partial charge >= 0.3 is 0 Å². The van der Waals surface area contributed by atoms with Crippen molar-refractivity contribution in [2.45, 2.75) is 50.1 Å². The van der Waals surface area contributed by atoms with E-state index in [0.29, 0.717) is 6.04 Å². The van der Waals surface area contributed by atoms with Crippen LogP contribution in [0.2, 0.25) is 0 Å². The predicted octanol–water partition coefficient (Wildman–Crippen LogP) is 4.49. The number of hydrogen-bond donors (Lipinski definition) is 1. The van der Waals surface area contributed by atoms with E-state index in [1.807, 2.05) is 24.0 Å². The molecule has 0 aliphatic heterocycles. The third-order valence-corrected chi connectivity index (χ3v) is 5.84. The summed E-state index contributed by atoms with van der Waals surface area (Å²) in [6.45, 7) is 3.27. The van der Waals surface area contributed by atoms with Crippen LogP contribution < -0.4 is 5.32 Å². The van der Waals surface area contributed by atoms with E-state index in [2.05, 4.69) is 39.2 Å². The number of nitrogens with one attached hydrogen (secondary N) is 1. The average molecular weight is 343 g/mol. The Morgan fingerprint density at radius 2 is 2.21 bits per heavy atom. The van der Waals surface area contributed by atoms with Crippen LogP contribution in [0.1, 0.15) is 39.0 Å². The van der Waals surface area contributed by atoms with Crippen molar-refractivity contribution in [1.29, 1.82) is 0 Å². The molecule has 0 radical (unpaired) electrons. The van der Waals surface area contributed by atoms with Gasteiger partial charge in [-0.15, -0.1) is 11.8 Å². The van der Waals surface area contributed by atoms with Gasteiger partial charge in [-0.25, -0.2) is 4.98 Å². The lowest BCUT2D eigenvalue weighted by atomic mass is 9.84. The normalized spacial score (nSPS) is 18.4. The average Bonchev–Trinajstić information content (AvgIpc) is 2.46. The summed E-state index contributed by atoms with van der Waals surface area (Å²) in [7, 11) is 0. The van der Waals surface area contributed by atoms with Crippen molar-refractivity contribution in [3.63, 3.8) is 0 Å². The van der Waals surface area contributed by atoms with Crippen molar-refractivity contribution >= 4 is 27.7 Å². The lowest BCUT2D eigenvalue weighted by Gasteiger charge is -2.30. The van der Waals surface area contributed by atoms with E-state index in [9.17, 15) is 0 Å². The van der Waals surface area contributed by atoms with Gasteiger partial charge < -0.3 is 5.32 Å². The quantitative estimate of drug-likeness (QED) is 0.770. The Kier molecular flexibility index (Phi) is 6.68. The lowest BCUT2D eigenvalue weighted by Crippen LogP contribution is -2.39. The summed E-state index contributed by atoms with van der Waals surface area (Å²) in [5, 5.41) is 4.79. The van der Waals surface area contributed by atoms with Crippen LogP contribution in [0.3, 0.4) is 0 Å². The Balaban J connectivity index is 1.91. The first-order valence-electron chi connectivity index (χ1n) is 7.28. The highest BCUT2D eigenvalue weighted by Gasteiger charge is 2.23. The summed E-state index contributed by atoms with van der Waals surface area (Å²) < 4.78 is 1.11. The molecule has 0 bridgehead atoms. The van der Waals surface area contributed by atoms with Crippen molar-refractivity contribution in [2.75, 3.05) is 12.3 Å². The fourth-order valence-electron chi connectivity index (χ4n) is 2.81. The molecular weight excluding hydrogens is 320 g/mol. The summed E-state index contributed by atoms with van der Waals surface area (Å²) in [4.78, 5) is 4.44. The van der Waals surface area contributed by atoms with Gasteiger partial charge in [-0.05, 0) is 53.4 Å². The van der Waals surface area contributed by atoms with Crippen LogP contribution in [0, 0.1) is 5.92 Å². The second kappa shape index (κ2) is 8.28. The molecular formula is C15H23BrN2S. The number of halogens is 1. The molecule has 0 spiro atoms. The maximum Gasteiger partial charge on any atom is 0.110 e. The van der Waals surface area contributed by atoms with Gasteiger partial charge in [-0.2, -0.15) is 0 Å². The first-order chi connectivity index (χ1) is 9.31. The minimum Gasteiger partial charge on any atom is -0.313 e. The minimum atomic E-state index is 0.629. The van der Waals surface area contributed by atoms with Gasteiger partial charge in [-0.3, -0.25) is 0 Å². The van der Waals surface area contributed by atoms with E-state index >= 15 is 0 Å². The fourth-order valence-corrected chi connectivity index (χ4v) is 4.47. The molecule has 1 aromatic heterocycles. The number of hydrogen-bond acceptors (Lipinski definition) is 3. The van der Waals surface area contributed by atoms with Crippen LogP contribution in [-0.2, 0) is 0 Å². The van der Waals surface area contributed by atoms with Gasteiger partial charge in [0.1, 0.15) is 5.03 Å². The van der Waals surface area contributed by atoms with Crippen LogP contribution in [0.25, 0.3) is 0 Å². The van der Waals surface area contributed by atoms with E-state index in [0.717, 1.165) is 27.7 Å². The largest absolute Gasteiger partial charge is 0.313 e. The van der Waals surface area contributed by atoms with Gasteiger partial charge in [0, 0.05) is 22.5 Å². The third kappa shape index (κ3) is 4.76. The van der Waals surface area contributed by atoms with Crippen LogP contribution in [0.15, 0.2) is 27.8 Å². The molecule has 1 aliphatic rings. The SMILES string of the molecule is CCNC(CSc1ncccc1Br)C1CCCCC1. The topological polar surface area (TPSA) is 24.9 Å². The second-order valence-electron chi connectivity index (χ2n) is 5.16. The zero-order valence-electron chi connectivity index (χ0n) is 11.6. The Hall–Kier alpha value is -0.0600. The van der Waals surface area contributed by atoms with Gasteiger partial charge in [0.2, 0.25) is 0 Å². The maximum absolute atomic E-state index is 4.44. The maximum atomic E-state index is 4.44. The fraction of sp³-hybridized carbons (Fsp3) is 0.667. The number of thioether (sulfide) groups is 1. The molecule has 1 unspecified atom stereocenters. The number of nitrogens with zero attached hydrogens (tertiary/aromatic N) is 1. The van der Waals surface area contributed by atoms with Gasteiger partial charge in [0.25, 0.3) is 0 Å². The summed E-state index contributed by atoms with van der Waals surface area (Å²) in [6.07, 6.45) is 8.89. The first-order valence-corrected chi connectivity index (χ1v) is 9.05. The molecule has 1 aromatic rings. The van der Waals surface area contributed by atoms with Gasteiger partial charge in [0.15, 0.2) is 0 Å². The molecule has 0 amide bonds. The predicted molar refractivity (Wildman–Crippen MR) is 86.7 cm³/mol. The Bertz CT molecular complexity index is 380. The zero-order chi connectivity index (χ0) is 13.5. The molecule has 2 nitrogen and oxygen atoms in total. The smallest absolute Gasteiger partial charge is 0.110 e. The lowest BCUT2D eigenvalue weighted by molar-refractivity contribution is 0.288. The van der Waals surface area contributed by atoms with E-state index in [4.69, 9.17) is 0 Å². The molecule has 4 heteroatoms. The van der Waals surface area contributed by atoms with Crippen LogP contribution in [0.5, 0.6) is 0 Å². The minimum absolute atomic E-state index is 0.629. The molecule has 1 atom stereocenters. The van der Waals surface area contributed by atoms with Gasteiger partial charge in [0.05, 0.1) is 0 Å². The van der Waals surface area contributed by atoms with E-state index in [1.54, 1.807) is 0 Å². The van der Waals surface area contributed by atoms with Crippen LogP contribution in [-0.4, -0.2) is 23.3 Å². The Labute approximate surface area is 129 Å². The highest BCUT2D eigenvalue weighted by molar-refractivity contribution is 9.10. The van der Waals surface area contributed by atoms with Crippen molar-refractivity contribution in [3.05, 3.63) is 22.8 Å². The number of pyridine rings is 1. The van der Waals surface area contributed by atoms with E-state index in [-0.39, 0.29) is 0 Å². The number of aromatic nitrogens is 1. The number of rotatable bonds is 6. The Morgan fingerprint density at radius 3 is 2.89 bits per heavy atom. The zero-order valence-corrected chi connectivity index (χ0v) is 14.0. The molecule has 1 saturated carbocycles. The van der Waals surface area contributed by atoms with Crippen molar-refractivity contribution in [2.24, 2.45) is 5.92 Å². The van der Waals surface area contributed by atoms with E-state index in [1.165, 1.54) is 32.1 Å².